The SMILES string of the molecule is COc1ccc(C(C)NC(=O)c2ccc[nH]c2=O)cc1OC. The third-order valence-electron chi connectivity index (χ3n) is 3.32. The monoisotopic (exact) mass is 302 g/mol. The lowest BCUT2D eigenvalue weighted by atomic mass is 10.1. The number of hydrogen-bond acceptors (Lipinski definition) is 4. The third-order valence-corrected chi connectivity index (χ3v) is 3.32. The summed E-state index contributed by atoms with van der Waals surface area (Å²) < 4.78 is 10.4. The summed E-state index contributed by atoms with van der Waals surface area (Å²) in [6.07, 6.45) is 1.48. The fraction of sp³-hybridized carbons (Fsp3) is 0.250. The first-order valence-electron chi connectivity index (χ1n) is 6.77. The van der Waals surface area contributed by atoms with Crippen LogP contribution in [0.25, 0.3) is 0 Å². The maximum absolute atomic E-state index is 12.1. The van der Waals surface area contributed by atoms with E-state index in [0.717, 1.165) is 5.56 Å². The molecule has 0 fully saturated rings. The smallest absolute Gasteiger partial charge is 0.260 e. The van der Waals surface area contributed by atoms with Crippen molar-refractivity contribution in [1.29, 1.82) is 0 Å². The van der Waals surface area contributed by atoms with Gasteiger partial charge >= 0.3 is 0 Å². The van der Waals surface area contributed by atoms with Gasteiger partial charge in [-0.2, -0.15) is 0 Å². The van der Waals surface area contributed by atoms with Gasteiger partial charge in [-0.3, -0.25) is 9.59 Å². The molecule has 0 aliphatic rings. The maximum Gasteiger partial charge on any atom is 0.260 e. The molecule has 1 atom stereocenters. The zero-order valence-electron chi connectivity index (χ0n) is 12.7. The van der Waals surface area contributed by atoms with Crippen LogP contribution in [0.5, 0.6) is 11.5 Å². The fourth-order valence-corrected chi connectivity index (χ4v) is 2.08. The zero-order chi connectivity index (χ0) is 16.1. The van der Waals surface area contributed by atoms with Gasteiger partial charge in [0.1, 0.15) is 5.56 Å². The number of rotatable bonds is 5. The van der Waals surface area contributed by atoms with Crippen molar-refractivity contribution in [1.82, 2.24) is 10.3 Å². The highest BCUT2D eigenvalue weighted by molar-refractivity contribution is 5.94. The standard InChI is InChI=1S/C16H18N2O4/c1-10(11-6-7-13(21-2)14(9-11)22-3)18-16(20)12-5-4-8-17-15(12)19/h4-10H,1-3H3,(H,17,19)(H,18,20). The highest BCUT2D eigenvalue weighted by atomic mass is 16.5. The molecule has 0 bridgehead atoms. The Morgan fingerprint density at radius 3 is 2.55 bits per heavy atom. The van der Waals surface area contributed by atoms with E-state index >= 15 is 0 Å². The predicted molar refractivity (Wildman–Crippen MR) is 82.5 cm³/mol. The molecule has 1 unspecified atom stereocenters. The van der Waals surface area contributed by atoms with Crippen molar-refractivity contribution in [3.8, 4) is 11.5 Å². The van der Waals surface area contributed by atoms with Gasteiger partial charge in [0.05, 0.1) is 20.3 Å². The molecule has 0 aliphatic carbocycles. The van der Waals surface area contributed by atoms with Crippen molar-refractivity contribution in [2.24, 2.45) is 0 Å². The van der Waals surface area contributed by atoms with Crippen LogP contribution < -0.4 is 20.3 Å². The van der Waals surface area contributed by atoms with Crippen molar-refractivity contribution in [2.75, 3.05) is 14.2 Å². The van der Waals surface area contributed by atoms with Crippen LogP contribution in [0.2, 0.25) is 0 Å². The molecule has 1 amide bonds. The average Bonchev–Trinajstić information content (AvgIpc) is 2.54. The molecule has 1 aromatic carbocycles. The summed E-state index contributed by atoms with van der Waals surface area (Å²) in [5.74, 6) is 0.770. The van der Waals surface area contributed by atoms with Gasteiger partial charge in [0, 0.05) is 6.20 Å². The fourth-order valence-electron chi connectivity index (χ4n) is 2.08. The van der Waals surface area contributed by atoms with Crippen LogP contribution in [0.3, 0.4) is 0 Å². The summed E-state index contributed by atoms with van der Waals surface area (Å²) in [4.78, 5) is 26.2. The molecule has 1 heterocycles. The van der Waals surface area contributed by atoms with Crippen LogP contribution in [0, 0.1) is 0 Å². The molecule has 0 aliphatic heterocycles. The minimum absolute atomic E-state index is 0.0785. The van der Waals surface area contributed by atoms with Gasteiger partial charge in [0.2, 0.25) is 0 Å². The molecule has 0 saturated heterocycles. The molecule has 2 rings (SSSR count). The number of hydrogen-bond donors (Lipinski definition) is 2. The first-order valence-corrected chi connectivity index (χ1v) is 6.77. The normalized spacial score (nSPS) is 11.6. The second-order valence-electron chi connectivity index (χ2n) is 4.72. The lowest BCUT2D eigenvalue weighted by Gasteiger charge is -2.16. The summed E-state index contributed by atoms with van der Waals surface area (Å²) in [6, 6.07) is 8.20. The molecule has 1 aromatic heterocycles. The number of nitrogens with one attached hydrogen (secondary N) is 2. The number of aromatic nitrogens is 1. The Morgan fingerprint density at radius 2 is 1.91 bits per heavy atom. The summed E-state index contributed by atoms with van der Waals surface area (Å²) in [6.45, 7) is 1.83. The van der Waals surface area contributed by atoms with E-state index in [9.17, 15) is 9.59 Å². The lowest BCUT2D eigenvalue weighted by molar-refractivity contribution is 0.0938. The molecular weight excluding hydrogens is 284 g/mol. The van der Waals surface area contributed by atoms with Crippen LogP contribution in [-0.4, -0.2) is 25.1 Å². The molecular formula is C16H18N2O4. The van der Waals surface area contributed by atoms with Crippen LogP contribution in [0.1, 0.15) is 28.9 Å². The molecule has 0 spiro atoms. The van der Waals surface area contributed by atoms with Crippen LogP contribution in [0.4, 0.5) is 0 Å². The van der Waals surface area contributed by atoms with E-state index in [1.165, 1.54) is 12.3 Å². The summed E-state index contributed by atoms with van der Waals surface area (Å²) in [5.41, 5.74) is 0.507. The van der Waals surface area contributed by atoms with Crippen molar-refractivity contribution >= 4 is 5.91 Å². The Balaban J connectivity index is 2.19. The highest BCUT2D eigenvalue weighted by Gasteiger charge is 2.15. The minimum Gasteiger partial charge on any atom is -0.493 e. The minimum atomic E-state index is -0.427. The van der Waals surface area contributed by atoms with Crippen LogP contribution >= 0.6 is 0 Å². The van der Waals surface area contributed by atoms with Crippen molar-refractivity contribution in [2.45, 2.75) is 13.0 Å². The Bertz CT molecular complexity index is 724. The maximum atomic E-state index is 12.1. The topological polar surface area (TPSA) is 80.4 Å². The number of amides is 1. The number of ether oxygens (including phenoxy) is 2. The summed E-state index contributed by atoms with van der Waals surface area (Å²) >= 11 is 0. The molecule has 116 valence electrons. The number of carbonyl (C=O) groups excluding carboxylic acids is 1. The lowest BCUT2D eigenvalue weighted by Crippen LogP contribution is -2.31. The van der Waals surface area contributed by atoms with Crippen molar-refractivity contribution in [3.05, 3.63) is 58.0 Å². The quantitative estimate of drug-likeness (QED) is 0.883. The molecule has 6 heteroatoms. The third kappa shape index (κ3) is 3.28. The largest absolute Gasteiger partial charge is 0.493 e. The van der Waals surface area contributed by atoms with Gasteiger partial charge in [0.15, 0.2) is 11.5 Å². The summed E-state index contributed by atoms with van der Waals surface area (Å²) in [7, 11) is 3.11. The van der Waals surface area contributed by atoms with E-state index in [4.69, 9.17) is 9.47 Å². The van der Waals surface area contributed by atoms with Crippen molar-refractivity contribution in [3.63, 3.8) is 0 Å². The van der Waals surface area contributed by atoms with E-state index < -0.39 is 11.5 Å². The molecule has 6 nitrogen and oxygen atoms in total. The predicted octanol–water partition coefficient (Wildman–Crippen LogP) is 1.88. The second-order valence-corrected chi connectivity index (χ2v) is 4.72. The molecule has 0 saturated carbocycles. The summed E-state index contributed by atoms with van der Waals surface area (Å²) in [5, 5.41) is 2.79. The van der Waals surface area contributed by atoms with Gasteiger partial charge in [-0.25, -0.2) is 0 Å². The van der Waals surface area contributed by atoms with E-state index in [-0.39, 0.29) is 11.6 Å². The number of benzene rings is 1. The van der Waals surface area contributed by atoms with E-state index in [0.29, 0.717) is 11.5 Å². The molecule has 2 N–H and O–H groups in total. The molecule has 22 heavy (non-hydrogen) atoms. The van der Waals surface area contributed by atoms with Crippen LogP contribution in [0.15, 0.2) is 41.3 Å². The van der Waals surface area contributed by atoms with Gasteiger partial charge in [-0.15, -0.1) is 0 Å². The zero-order valence-corrected chi connectivity index (χ0v) is 12.7. The van der Waals surface area contributed by atoms with E-state index in [2.05, 4.69) is 10.3 Å². The van der Waals surface area contributed by atoms with Gasteiger partial charge in [-0.05, 0) is 36.8 Å². The Kier molecular flexibility index (Phi) is 4.83. The average molecular weight is 302 g/mol. The number of aromatic amines is 1. The number of methoxy groups -OCH3 is 2. The van der Waals surface area contributed by atoms with Crippen LogP contribution in [-0.2, 0) is 0 Å². The Morgan fingerprint density at radius 1 is 1.18 bits per heavy atom. The van der Waals surface area contributed by atoms with Gasteiger partial charge < -0.3 is 19.8 Å². The number of carbonyl (C=O) groups is 1. The first kappa shape index (κ1) is 15.6. The first-order chi connectivity index (χ1) is 10.6. The number of pyridine rings is 1. The van der Waals surface area contributed by atoms with E-state index in [1.54, 1.807) is 32.4 Å². The number of H-pyrrole nitrogens is 1. The Labute approximate surface area is 128 Å². The van der Waals surface area contributed by atoms with Crippen molar-refractivity contribution < 1.29 is 14.3 Å². The Hall–Kier alpha value is -2.76. The second kappa shape index (κ2) is 6.80. The van der Waals surface area contributed by atoms with E-state index in [1.807, 2.05) is 13.0 Å². The van der Waals surface area contributed by atoms with Gasteiger partial charge in [-0.1, -0.05) is 6.07 Å². The molecule has 0 radical (unpaired) electrons. The highest BCUT2D eigenvalue weighted by Crippen LogP contribution is 2.29. The van der Waals surface area contributed by atoms with Gasteiger partial charge in [0.25, 0.3) is 11.5 Å². The molecule has 2 aromatic rings.